The Labute approximate surface area is 114 Å². The molecule has 0 radical (unpaired) electrons. The summed E-state index contributed by atoms with van der Waals surface area (Å²) in [6, 6.07) is 6.75. The number of benzene rings is 1. The van der Waals surface area contributed by atoms with Crippen molar-refractivity contribution in [2.24, 2.45) is 0 Å². The molecule has 0 aliphatic carbocycles. The molecule has 0 bridgehead atoms. The Hall–Kier alpha value is -2.76. The van der Waals surface area contributed by atoms with Gasteiger partial charge in [-0.3, -0.25) is 4.98 Å². The van der Waals surface area contributed by atoms with Crippen LogP contribution in [0.3, 0.4) is 0 Å². The fourth-order valence-electron chi connectivity index (χ4n) is 2.05. The highest BCUT2D eigenvalue weighted by Crippen LogP contribution is 2.16. The van der Waals surface area contributed by atoms with Gasteiger partial charge in [0.05, 0.1) is 17.6 Å². The van der Waals surface area contributed by atoms with Crippen LogP contribution in [0.25, 0.3) is 11.0 Å². The van der Waals surface area contributed by atoms with E-state index in [4.69, 9.17) is 5.11 Å². The van der Waals surface area contributed by atoms with Crippen molar-refractivity contribution in [2.75, 3.05) is 0 Å². The van der Waals surface area contributed by atoms with Gasteiger partial charge < -0.3 is 5.11 Å². The smallest absolute Gasteiger partial charge is 0.335 e. The van der Waals surface area contributed by atoms with Gasteiger partial charge in [0.1, 0.15) is 5.52 Å². The Balaban J connectivity index is 2.01. The van der Waals surface area contributed by atoms with E-state index in [1.807, 2.05) is 13.0 Å². The Morgan fingerprint density at radius 3 is 2.95 bits per heavy atom. The van der Waals surface area contributed by atoms with Gasteiger partial charge in [-0.15, -0.1) is 5.10 Å². The number of pyridine rings is 1. The van der Waals surface area contributed by atoms with Crippen LogP contribution in [0.1, 0.15) is 21.5 Å². The summed E-state index contributed by atoms with van der Waals surface area (Å²) in [6.07, 6.45) is 3.55. The Bertz CT molecular complexity index is 795. The van der Waals surface area contributed by atoms with Gasteiger partial charge in [-0.2, -0.15) is 0 Å². The van der Waals surface area contributed by atoms with Crippen LogP contribution in [0, 0.1) is 6.92 Å². The van der Waals surface area contributed by atoms with Crippen molar-refractivity contribution in [1.82, 2.24) is 20.0 Å². The van der Waals surface area contributed by atoms with Crippen LogP contribution in [-0.2, 0) is 6.54 Å². The van der Waals surface area contributed by atoms with Gasteiger partial charge in [0.25, 0.3) is 0 Å². The second-order valence-electron chi connectivity index (χ2n) is 4.56. The van der Waals surface area contributed by atoms with Crippen LogP contribution in [0.15, 0.2) is 36.7 Å². The van der Waals surface area contributed by atoms with E-state index in [2.05, 4.69) is 15.3 Å². The van der Waals surface area contributed by atoms with Crippen LogP contribution >= 0.6 is 0 Å². The monoisotopic (exact) mass is 268 g/mol. The summed E-state index contributed by atoms with van der Waals surface area (Å²) in [5, 5.41) is 17.1. The molecule has 0 fully saturated rings. The van der Waals surface area contributed by atoms with Crippen molar-refractivity contribution in [3.8, 4) is 0 Å². The van der Waals surface area contributed by atoms with E-state index in [1.54, 1.807) is 29.2 Å². The first-order valence-electron chi connectivity index (χ1n) is 6.11. The van der Waals surface area contributed by atoms with E-state index in [0.717, 1.165) is 16.6 Å². The lowest BCUT2D eigenvalue weighted by Crippen LogP contribution is -2.04. The second kappa shape index (κ2) is 4.73. The zero-order valence-electron chi connectivity index (χ0n) is 10.8. The van der Waals surface area contributed by atoms with Crippen molar-refractivity contribution >= 4 is 17.0 Å². The number of hydrogen-bond donors (Lipinski definition) is 1. The highest BCUT2D eigenvalue weighted by atomic mass is 16.4. The van der Waals surface area contributed by atoms with E-state index in [1.165, 1.54) is 6.07 Å². The van der Waals surface area contributed by atoms with Crippen LogP contribution < -0.4 is 0 Å². The summed E-state index contributed by atoms with van der Waals surface area (Å²) in [5.41, 5.74) is 3.78. The SMILES string of the molecule is Cc1ccncc1Cn1nnc2cc(C(=O)O)ccc21. The number of carbonyl (C=O) groups is 1. The van der Waals surface area contributed by atoms with Crippen molar-refractivity contribution < 1.29 is 9.90 Å². The molecule has 6 nitrogen and oxygen atoms in total. The van der Waals surface area contributed by atoms with Crippen LogP contribution in [0.2, 0.25) is 0 Å². The van der Waals surface area contributed by atoms with Crippen molar-refractivity contribution in [3.63, 3.8) is 0 Å². The lowest BCUT2D eigenvalue weighted by molar-refractivity contribution is 0.0697. The summed E-state index contributed by atoms with van der Waals surface area (Å²) >= 11 is 0. The molecule has 100 valence electrons. The van der Waals surface area contributed by atoms with Crippen LogP contribution in [0.5, 0.6) is 0 Å². The van der Waals surface area contributed by atoms with Crippen LogP contribution in [0.4, 0.5) is 0 Å². The maximum absolute atomic E-state index is 10.9. The topological polar surface area (TPSA) is 80.9 Å². The third-order valence-electron chi connectivity index (χ3n) is 3.23. The Kier molecular flexibility index (Phi) is 2.90. The lowest BCUT2D eigenvalue weighted by Gasteiger charge is -2.05. The Morgan fingerprint density at radius 2 is 2.20 bits per heavy atom. The fraction of sp³-hybridized carbons (Fsp3) is 0.143. The predicted molar refractivity (Wildman–Crippen MR) is 72.6 cm³/mol. The molecule has 6 heteroatoms. The van der Waals surface area contributed by atoms with Gasteiger partial charge in [0, 0.05) is 12.4 Å². The van der Waals surface area contributed by atoms with Crippen LogP contribution in [-0.4, -0.2) is 31.1 Å². The summed E-state index contributed by atoms with van der Waals surface area (Å²) in [6.45, 7) is 2.57. The van der Waals surface area contributed by atoms with Gasteiger partial charge in [0.2, 0.25) is 0 Å². The summed E-state index contributed by atoms with van der Waals surface area (Å²) in [5.74, 6) is -0.968. The minimum atomic E-state index is -0.968. The molecule has 3 aromatic rings. The molecule has 1 aromatic carbocycles. The molecule has 2 aromatic heterocycles. The summed E-state index contributed by atoms with van der Waals surface area (Å²) < 4.78 is 1.74. The minimum absolute atomic E-state index is 0.210. The predicted octanol–water partition coefficient (Wildman–Crippen LogP) is 1.88. The van der Waals surface area contributed by atoms with Gasteiger partial charge >= 0.3 is 5.97 Å². The van der Waals surface area contributed by atoms with E-state index in [-0.39, 0.29) is 5.56 Å². The molecule has 3 rings (SSSR count). The zero-order chi connectivity index (χ0) is 14.1. The molecule has 0 atom stereocenters. The van der Waals surface area contributed by atoms with Crippen molar-refractivity contribution in [2.45, 2.75) is 13.5 Å². The average Bonchev–Trinajstić information content (AvgIpc) is 2.84. The van der Waals surface area contributed by atoms with Gasteiger partial charge in [0.15, 0.2) is 0 Å². The molecule has 0 aliphatic rings. The quantitative estimate of drug-likeness (QED) is 0.784. The number of rotatable bonds is 3. The summed E-state index contributed by atoms with van der Waals surface area (Å²) in [7, 11) is 0. The molecule has 20 heavy (non-hydrogen) atoms. The molecule has 0 saturated carbocycles. The van der Waals surface area contributed by atoms with Gasteiger partial charge in [-0.1, -0.05) is 5.21 Å². The number of nitrogens with zero attached hydrogens (tertiary/aromatic N) is 4. The zero-order valence-corrected chi connectivity index (χ0v) is 10.8. The Morgan fingerprint density at radius 1 is 1.35 bits per heavy atom. The summed E-state index contributed by atoms with van der Waals surface area (Å²) in [4.78, 5) is 15.0. The molecule has 0 aliphatic heterocycles. The third-order valence-corrected chi connectivity index (χ3v) is 3.23. The first kappa shape index (κ1) is 12.3. The van der Waals surface area contributed by atoms with Gasteiger partial charge in [-0.25, -0.2) is 9.48 Å². The number of aryl methyl sites for hydroxylation is 1. The maximum Gasteiger partial charge on any atom is 0.335 e. The van der Waals surface area contributed by atoms with E-state index in [0.29, 0.717) is 12.1 Å². The van der Waals surface area contributed by atoms with Gasteiger partial charge in [-0.05, 0) is 42.3 Å². The first-order valence-corrected chi connectivity index (χ1v) is 6.11. The van der Waals surface area contributed by atoms with Crippen molar-refractivity contribution in [3.05, 3.63) is 53.3 Å². The van der Waals surface area contributed by atoms with E-state index >= 15 is 0 Å². The maximum atomic E-state index is 10.9. The number of hydrogen-bond acceptors (Lipinski definition) is 4. The largest absolute Gasteiger partial charge is 0.478 e. The normalized spacial score (nSPS) is 10.8. The number of aromatic carboxylic acids is 1. The number of carboxylic acid groups (broad SMARTS) is 1. The average molecular weight is 268 g/mol. The minimum Gasteiger partial charge on any atom is -0.478 e. The molecular formula is C14H12N4O2. The fourth-order valence-corrected chi connectivity index (χ4v) is 2.05. The number of aromatic nitrogens is 4. The van der Waals surface area contributed by atoms with E-state index in [9.17, 15) is 4.79 Å². The molecule has 2 heterocycles. The molecular weight excluding hydrogens is 256 g/mol. The molecule has 0 unspecified atom stereocenters. The standard InChI is InChI=1S/C14H12N4O2/c1-9-4-5-15-7-11(9)8-18-13-3-2-10(14(19)20)6-12(13)16-17-18/h2-7H,8H2,1H3,(H,19,20). The molecule has 0 saturated heterocycles. The molecule has 1 N–H and O–H groups in total. The van der Waals surface area contributed by atoms with Crippen molar-refractivity contribution in [1.29, 1.82) is 0 Å². The first-order chi connectivity index (χ1) is 9.65. The third kappa shape index (κ3) is 2.11. The van der Waals surface area contributed by atoms with E-state index < -0.39 is 5.97 Å². The second-order valence-corrected chi connectivity index (χ2v) is 4.56. The number of carboxylic acids is 1. The lowest BCUT2D eigenvalue weighted by atomic mass is 10.1. The number of fused-ring (bicyclic) bond motifs is 1. The molecule has 0 spiro atoms. The highest BCUT2D eigenvalue weighted by molar-refractivity contribution is 5.92. The molecule has 0 amide bonds. The highest BCUT2D eigenvalue weighted by Gasteiger charge is 2.10.